The number of hydrogen-bond acceptors (Lipinski definition) is 12. The van der Waals surface area contributed by atoms with Crippen molar-refractivity contribution >= 4 is 69.1 Å². The first-order valence-corrected chi connectivity index (χ1v) is 10.7. The molecule has 20 heteroatoms. The second kappa shape index (κ2) is 12.2. The van der Waals surface area contributed by atoms with E-state index in [1.54, 1.807) is 0 Å². The Bertz CT molecular complexity index is 1040. The molecule has 0 amide bonds. The summed E-state index contributed by atoms with van der Waals surface area (Å²) in [5, 5.41) is 32.5. The highest BCUT2D eigenvalue weighted by molar-refractivity contribution is 7.40. The molecule has 0 heterocycles. The Morgan fingerprint density at radius 2 is 1.16 bits per heavy atom. The van der Waals surface area contributed by atoms with Gasteiger partial charge in [0.25, 0.3) is 0 Å². The Morgan fingerprint density at radius 3 is 1.59 bits per heavy atom. The molecule has 0 radical (unpaired) electrons. The van der Waals surface area contributed by atoms with E-state index in [1.807, 2.05) is 0 Å². The molecule has 2 aromatic carbocycles. The van der Waals surface area contributed by atoms with Crippen molar-refractivity contribution in [3.05, 3.63) is 69.7 Å². The topological polar surface area (TPSA) is 229 Å². The molecule has 174 valence electrons. The molecule has 32 heavy (non-hydrogen) atoms. The van der Waals surface area contributed by atoms with Crippen molar-refractivity contribution in [2.75, 3.05) is 0 Å². The van der Waals surface area contributed by atoms with E-state index in [1.165, 1.54) is 12.1 Å². The average Bonchev–Trinajstić information content (AvgIpc) is 2.67. The largest absolute Gasteiger partial charge is 0.426 e. The maximum atomic E-state index is 10.7. The molecule has 0 aromatic heterocycles. The van der Waals surface area contributed by atoms with Gasteiger partial charge in [-0.3, -0.25) is 30.3 Å². The zero-order valence-electron chi connectivity index (χ0n) is 14.7. The van der Waals surface area contributed by atoms with Crippen LogP contribution in [0.3, 0.4) is 0 Å². The summed E-state index contributed by atoms with van der Waals surface area (Å²) in [7, 11) is -5.57. The third-order valence-electron chi connectivity index (χ3n) is 3.01. The van der Waals surface area contributed by atoms with Gasteiger partial charge in [0.2, 0.25) is 5.75 Å². The predicted octanol–water partition coefficient (Wildman–Crippen LogP) is 4.24. The normalized spacial score (nSPS) is 10.4. The molecule has 2 aromatic rings. The van der Waals surface area contributed by atoms with Crippen molar-refractivity contribution in [1.82, 2.24) is 0 Å². The lowest BCUT2D eigenvalue weighted by Crippen LogP contribution is -2.03. The van der Waals surface area contributed by atoms with Crippen molar-refractivity contribution in [2.24, 2.45) is 0 Å². The van der Waals surface area contributed by atoms with Gasteiger partial charge in [-0.1, -0.05) is 34.8 Å². The van der Waals surface area contributed by atoms with Gasteiger partial charge in [0, 0.05) is 6.07 Å². The smallest absolute Gasteiger partial charge is 0.425 e. The molecule has 15 nitrogen and oxygen atoms in total. The van der Waals surface area contributed by atoms with Gasteiger partial charge in [-0.25, -0.2) is 0 Å². The molecule has 0 aliphatic heterocycles. The highest BCUT2D eigenvalue weighted by Crippen LogP contribution is 2.46. The van der Waals surface area contributed by atoms with E-state index in [0.717, 1.165) is 0 Å². The summed E-state index contributed by atoms with van der Waals surface area (Å²) in [5.41, 5.74) is -3.83. The third-order valence-corrected chi connectivity index (χ3v) is 5.01. The first-order valence-electron chi connectivity index (χ1n) is 7.23. The molecular weight excluding hydrogens is 546 g/mol. The predicted molar refractivity (Wildman–Crippen MR) is 112 cm³/mol. The molecule has 0 saturated heterocycles. The quantitative estimate of drug-likeness (QED) is 0.163. The van der Waals surface area contributed by atoms with Gasteiger partial charge in [-0.05, 0) is 18.2 Å². The first-order chi connectivity index (χ1) is 14.8. The standard InChI is InChI=1S/C6H4Cl3O3P.C6H4N3O9P/c7-3-1-2-4(12-13(10)11)6(9)5(3)8;10-7(11)3-1-2-4(18-19(16)17)6(9(14)15)5(3)8(12)13/h1-2,10-11H;1-2,16-17H. The Kier molecular flexibility index (Phi) is 10.6. The SMILES string of the molecule is O=[N+]([O-])c1ccc(OP(O)O)c([N+](=O)[O-])c1[N+](=O)[O-].OP(O)Oc1ccc(Cl)c(Cl)c1Cl. The molecule has 4 N–H and O–H groups in total. The fourth-order valence-electron chi connectivity index (χ4n) is 1.88. The maximum absolute atomic E-state index is 10.7. The van der Waals surface area contributed by atoms with Crippen LogP contribution in [0.15, 0.2) is 24.3 Å². The second-order valence-electron chi connectivity index (χ2n) is 4.91. The van der Waals surface area contributed by atoms with Crippen LogP contribution in [0.5, 0.6) is 11.5 Å². The van der Waals surface area contributed by atoms with E-state index >= 15 is 0 Å². The summed E-state index contributed by atoms with van der Waals surface area (Å²) in [6.07, 6.45) is 0. The summed E-state index contributed by atoms with van der Waals surface area (Å²) in [5.74, 6) is -0.759. The lowest BCUT2D eigenvalue weighted by molar-refractivity contribution is -0.441. The summed E-state index contributed by atoms with van der Waals surface area (Å²) >= 11 is 17.0. The van der Waals surface area contributed by atoms with Crippen molar-refractivity contribution in [2.45, 2.75) is 0 Å². The summed E-state index contributed by atoms with van der Waals surface area (Å²) in [6, 6.07) is 4.12. The molecule has 0 spiro atoms. The van der Waals surface area contributed by atoms with E-state index < -0.39 is 54.8 Å². The van der Waals surface area contributed by atoms with Gasteiger partial charge < -0.3 is 28.6 Å². The van der Waals surface area contributed by atoms with Crippen LogP contribution in [0.2, 0.25) is 15.1 Å². The molecule has 0 fully saturated rings. The minimum Gasteiger partial charge on any atom is -0.425 e. The number of benzene rings is 2. The summed E-state index contributed by atoms with van der Waals surface area (Å²) in [6.45, 7) is 0. The first kappa shape index (κ1) is 27.8. The van der Waals surface area contributed by atoms with E-state index in [2.05, 4.69) is 9.05 Å². The average molecular weight is 555 g/mol. The van der Waals surface area contributed by atoms with E-state index in [4.69, 9.17) is 54.4 Å². The van der Waals surface area contributed by atoms with E-state index in [-0.39, 0.29) is 20.8 Å². The van der Waals surface area contributed by atoms with Crippen LogP contribution in [-0.4, -0.2) is 34.3 Å². The monoisotopic (exact) mass is 553 g/mol. The number of rotatable bonds is 7. The minimum atomic E-state index is -3.07. The van der Waals surface area contributed by atoms with Crippen LogP contribution in [0.25, 0.3) is 0 Å². The van der Waals surface area contributed by atoms with Crippen molar-refractivity contribution in [3.63, 3.8) is 0 Å². The lowest BCUT2D eigenvalue weighted by Gasteiger charge is -2.08. The van der Waals surface area contributed by atoms with Crippen LogP contribution in [0.4, 0.5) is 17.1 Å². The summed E-state index contributed by atoms with van der Waals surface area (Å²) in [4.78, 5) is 62.6. The van der Waals surface area contributed by atoms with Gasteiger partial charge in [0.05, 0.1) is 24.8 Å². The van der Waals surface area contributed by atoms with Crippen LogP contribution in [0.1, 0.15) is 0 Å². The molecule has 0 bridgehead atoms. The fraction of sp³-hybridized carbons (Fsp3) is 0. The maximum Gasteiger partial charge on any atom is 0.426 e. The van der Waals surface area contributed by atoms with Crippen molar-refractivity contribution < 1.29 is 43.4 Å². The van der Waals surface area contributed by atoms with Crippen LogP contribution in [0, 0.1) is 30.3 Å². The number of hydrogen-bond donors (Lipinski definition) is 4. The molecular formula is C12H8Cl3N3O12P2. The Morgan fingerprint density at radius 1 is 0.688 bits per heavy atom. The van der Waals surface area contributed by atoms with Gasteiger partial charge >= 0.3 is 34.3 Å². The number of nitrogens with zero attached hydrogens (tertiary/aromatic N) is 3. The molecule has 0 atom stereocenters. The Balaban J connectivity index is 0.000000343. The van der Waals surface area contributed by atoms with Gasteiger partial charge in [-0.2, -0.15) is 0 Å². The van der Waals surface area contributed by atoms with Crippen molar-refractivity contribution in [3.8, 4) is 11.5 Å². The Labute approximate surface area is 193 Å². The van der Waals surface area contributed by atoms with E-state index in [0.29, 0.717) is 12.1 Å². The minimum absolute atomic E-state index is 0.0600. The summed E-state index contributed by atoms with van der Waals surface area (Å²) < 4.78 is 8.82. The molecule has 0 unspecified atom stereocenters. The molecule has 0 saturated carbocycles. The number of halogens is 3. The third kappa shape index (κ3) is 7.45. The molecule has 0 aliphatic carbocycles. The number of nitro groups is 3. The second-order valence-corrected chi connectivity index (χ2v) is 7.45. The van der Waals surface area contributed by atoms with Crippen LogP contribution in [-0.2, 0) is 0 Å². The zero-order valence-corrected chi connectivity index (χ0v) is 18.8. The van der Waals surface area contributed by atoms with Crippen LogP contribution >= 0.6 is 52.0 Å². The molecule has 0 aliphatic rings. The van der Waals surface area contributed by atoms with Gasteiger partial charge in [-0.15, -0.1) is 0 Å². The lowest BCUT2D eigenvalue weighted by atomic mass is 10.2. The Hall–Kier alpha value is -2.19. The zero-order chi connectivity index (χ0) is 24.7. The highest BCUT2D eigenvalue weighted by atomic mass is 35.5. The van der Waals surface area contributed by atoms with Crippen molar-refractivity contribution in [1.29, 1.82) is 0 Å². The fourth-order valence-corrected chi connectivity index (χ4v) is 3.15. The van der Waals surface area contributed by atoms with E-state index in [9.17, 15) is 30.3 Å². The van der Waals surface area contributed by atoms with Gasteiger partial charge in [0.15, 0.2) is 0 Å². The number of nitro benzene ring substituents is 3. The van der Waals surface area contributed by atoms with Crippen LogP contribution < -0.4 is 9.05 Å². The highest BCUT2D eigenvalue weighted by Gasteiger charge is 2.40. The molecule has 2 rings (SSSR count). The van der Waals surface area contributed by atoms with Gasteiger partial charge in [0.1, 0.15) is 10.8 Å².